The fourth-order valence-electron chi connectivity index (χ4n) is 2.17. The fraction of sp³-hybridized carbons (Fsp3) is 0. The third-order valence-corrected chi connectivity index (χ3v) is 3.98. The van der Waals surface area contributed by atoms with Crippen LogP contribution < -0.4 is 10.1 Å². The van der Waals surface area contributed by atoms with E-state index in [1.165, 1.54) is 6.08 Å². The van der Waals surface area contributed by atoms with Crippen molar-refractivity contribution in [2.75, 3.05) is 5.32 Å². The van der Waals surface area contributed by atoms with Gasteiger partial charge in [-0.1, -0.05) is 34.1 Å². The highest BCUT2D eigenvalue weighted by Gasteiger charge is 2.01. The lowest BCUT2D eigenvalue weighted by molar-refractivity contribution is 0.104. The average molecular weight is 394 g/mol. The third kappa shape index (κ3) is 5.06. The largest absolute Gasteiger partial charge is 0.457 e. The molecule has 3 aromatic carbocycles. The number of allylic oxidation sites excluding steroid dienone is 1. The summed E-state index contributed by atoms with van der Waals surface area (Å²) in [7, 11) is 0. The Labute approximate surface area is 155 Å². The van der Waals surface area contributed by atoms with E-state index in [2.05, 4.69) is 21.2 Å². The van der Waals surface area contributed by atoms with Crippen molar-refractivity contribution in [2.45, 2.75) is 0 Å². The molecule has 3 aromatic rings. The Morgan fingerprint density at radius 1 is 0.840 bits per heavy atom. The zero-order valence-electron chi connectivity index (χ0n) is 13.4. The number of carbonyl (C=O) groups is 1. The number of carbonyl (C=O) groups excluding carboxylic acids is 1. The highest BCUT2D eigenvalue weighted by molar-refractivity contribution is 9.10. The number of nitrogens with one attached hydrogen (secondary N) is 1. The van der Waals surface area contributed by atoms with E-state index in [1.807, 2.05) is 66.7 Å². The van der Waals surface area contributed by atoms with Crippen molar-refractivity contribution in [3.05, 3.63) is 101 Å². The molecule has 1 N–H and O–H groups in total. The second kappa shape index (κ2) is 8.31. The van der Waals surface area contributed by atoms with Crippen LogP contribution in [0, 0.1) is 0 Å². The number of anilines is 1. The smallest absolute Gasteiger partial charge is 0.187 e. The number of ketones is 1. The van der Waals surface area contributed by atoms with E-state index >= 15 is 0 Å². The Hall–Kier alpha value is -2.85. The van der Waals surface area contributed by atoms with Gasteiger partial charge in [-0.05, 0) is 60.7 Å². The maximum absolute atomic E-state index is 12.0. The Kier molecular flexibility index (Phi) is 5.65. The zero-order chi connectivity index (χ0) is 17.5. The highest BCUT2D eigenvalue weighted by atomic mass is 79.9. The van der Waals surface area contributed by atoms with Crippen molar-refractivity contribution >= 4 is 27.4 Å². The topological polar surface area (TPSA) is 38.3 Å². The van der Waals surface area contributed by atoms with Crippen LogP contribution in [0.4, 0.5) is 5.69 Å². The second-order valence-corrected chi connectivity index (χ2v) is 6.20. The van der Waals surface area contributed by atoms with E-state index in [0.717, 1.165) is 21.7 Å². The van der Waals surface area contributed by atoms with Gasteiger partial charge in [0.2, 0.25) is 0 Å². The van der Waals surface area contributed by atoms with Crippen LogP contribution in [0.25, 0.3) is 0 Å². The molecule has 0 radical (unpaired) electrons. The first-order valence-electron chi connectivity index (χ1n) is 7.77. The number of hydrogen-bond acceptors (Lipinski definition) is 3. The Balaban J connectivity index is 1.56. The zero-order valence-corrected chi connectivity index (χ0v) is 14.9. The normalized spacial score (nSPS) is 10.6. The minimum absolute atomic E-state index is 0.0518. The minimum atomic E-state index is -0.0518. The summed E-state index contributed by atoms with van der Waals surface area (Å²) >= 11 is 3.35. The molecule has 0 fully saturated rings. The Bertz CT molecular complexity index is 857. The van der Waals surface area contributed by atoms with Crippen molar-refractivity contribution in [1.29, 1.82) is 0 Å². The summed E-state index contributed by atoms with van der Waals surface area (Å²) in [5.74, 6) is 1.50. The van der Waals surface area contributed by atoms with E-state index in [4.69, 9.17) is 4.74 Å². The molecule has 0 aliphatic heterocycles. The molecule has 4 heteroatoms. The number of ether oxygens (including phenoxy) is 1. The van der Waals surface area contributed by atoms with Gasteiger partial charge in [0.25, 0.3) is 0 Å². The molecular weight excluding hydrogens is 378 g/mol. The minimum Gasteiger partial charge on any atom is -0.457 e. The summed E-state index contributed by atoms with van der Waals surface area (Å²) < 4.78 is 6.69. The molecular formula is C21H16BrNO2. The lowest BCUT2D eigenvalue weighted by Gasteiger charge is -2.06. The molecule has 0 unspecified atom stereocenters. The number of para-hydroxylation sites is 1. The monoisotopic (exact) mass is 393 g/mol. The first kappa shape index (κ1) is 17.0. The first-order valence-corrected chi connectivity index (χ1v) is 8.56. The van der Waals surface area contributed by atoms with Crippen LogP contribution in [0.2, 0.25) is 0 Å². The van der Waals surface area contributed by atoms with Crippen LogP contribution in [0.3, 0.4) is 0 Å². The van der Waals surface area contributed by atoms with Crippen LogP contribution in [0.15, 0.2) is 95.6 Å². The molecule has 124 valence electrons. The van der Waals surface area contributed by atoms with Crippen molar-refractivity contribution in [1.82, 2.24) is 0 Å². The van der Waals surface area contributed by atoms with Crippen LogP contribution in [-0.4, -0.2) is 5.78 Å². The molecule has 3 rings (SSSR count). The molecule has 0 spiro atoms. The maximum atomic E-state index is 12.0. The average Bonchev–Trinajstić information content (AvgIpc) is 2.64. The number of rotatable bonds is 6. The van der Waals surface area contributed by atoms with Gasteiger partial charge in [-0.15, -0.1) is 0 Å². The van der Waals surface area contributed by atoms with E-state index in [1.54, 1.807) is 18.3 Å². The van der Waals surface area contributed by atoms with Crippen LogP contribution in [-0.2, 0) is 0 Å². The molecule has 25 heavy (non-hydrogen) atoms. The van der Waals surface area contributed by atoms with Gasteiger partial charge in [-0.3, -0.25) is 4.79 Å². The lowest BCUT2D eigenvalue weighted by atomic mass is 10.1. The van der Waals surface area contributed by atoms with Gasteiger partial charge >= 0.3 is 0 Å². The van der Waals surface area contributed by atoms with Crippen molar-refractivity contribution in [2.24, 2.45) is 0 Å². The summed E-state index contributed by atoms with van der Waals surface area (Å²) in [6.07, 6.45) is 3.15. The van der Waals surface area contributed by atoms with Gasteiger partial charge in [0.15, 0.2) is 5.78 Å². The molecule has 0 aromatic heterocycles. The van der Waals surface area contributed by atoms with Gasteiger partial charge in [0.1, 0.15) is 11.5 Å². The summed E-state index contributed by atoms with van der Waals surface area (Å²) in [6.45, 7) is 0. The number of hydrogen-bond donors (Lipinski definition) is 1. The summed E-state index contributed by atoms with van der Waals surface area (Å²) in [4.78, 5) is 12.0. The fourth-order valence-corrected chi connectivity index (χ4v) is 2.43. The standard InChI is InChI=1S/C21H16BrNO2/c22-17-8-6-16(7-9-17)21(24)14-15-23-18-10-12-20(13-11-18)25-19-4-2-1-3-5-19/h1-15,23H/b15-14+. The van der Waals surface area contributed by atoms with Gasteiger partial charge in [-0.2, -0.15) is 0 Å². The van der Waals surface area contributed by atoms with E-state index in [9.17, 15) is 4.79 Å². The van der Waals surface area contributed by atoms with Crippen LogP contribution in [0.1, 0.15) is 10.4 Å². The molecule has 0 heterocycles. The van der Waals surface area contributed by atoms with Crippen LogP contribution >= 0.6 is 15.9 Å². The predicted octanol–water partition coefficient (Wildman–Crippen LogP) is 6.05. The van der Waals surface area contributed by atoms with Gasteiger partial charge < -0.3 is 10.1 Å². The second-order valence-electron chi connectivity index (χ2n) is 5.29. The van der Waals surface area contributed by atoms with Crippen molar-refractivity contribution in [3.8, 4) is 11.5 Å². The van der Waals surface area contributed by atoms with E-state index < -0.39 is 0 Å². The summed E-state index contributed by atoms with van der Waals surface area (Å²) in [5.41, 5.74) is 1.52. The summed E-state index contributed by atoms with van der Waals surface area (Å²) in [5, 5.41) is 3.08. The molecule has 0 aliphatic rings. The molecule has 3 nitrogen and oxygen atoms in total. The predicted molar refractivity (Wildman–Crippen MR) is 104 cm³/mol. The molecule has 0 saturated carbocycles. The third-order valence-electron chi connectivity index (χ3n) is 3.45. The molecule has 0 atom stereocenters. The number of halogens is 1. The maximum Gasteiger partial charge on any atom is 0.187 e. The van der Waals surface area contributed by atoms with Crippen molar-refractivity contribution < 1.29 is 9.53 Å². The molecule has 0 amide bonds. The summed E-state index contributed by atoms with van der Waals surface area (Å²) in [6, 6.07) is 24.4. The quantitative estimate of drug-likeness (QED) is 0.409. The number of benzene rings is 3. The van der Waals surface area contributed by atoms with Crippen LogP contribution in [0.5, 0.6) is 11.5 Å². The van der Waals surface area contributed by atoms with Crippen molar-refractivity contribution in [3.63, 3.8) is 0 Å². The van der Waals surface area contributed by atoms with Gasteiger partial charge in [-0.25, -0.2) is 0 Å². The first-order chi connectivity index (χ1) is 12.2. The molecule has 0 saturated heterocycles. The Morgan fingerprint density at radius 3 is 2.16 bits per heavy atom. The lowest BCUT2D eigenvalue weighted by Crippen LogP contribution is -1.96. The molecule has 0 aliphatic carbocycles. The van der Waals surface area contributed by atoms with Gasteiger partial charge in [0.05, 0.1) is 0 Å². The van der Waals surface area contributed by atoms with E-state index in [-0.39, 0.29) is 5.78 Å². The Morgan fingerprint density at radius 2 is 1.48 bits per heavy atom. The highest BCUT2D eigenvalue weighted by Crippen LogP contribution is 2.22. The van der Waals surface area contributed by atoms with E-state index in [0.29, 0.717) is 5.56 Å². The van der Waals surface area contributed by atoms with Gasteiger partial charge in [0, 0.05) is 28.0 Å². The SMILES string of the molecule is O=C(/C=C/Nc1ccc(Oc2ccccc2)cc1)c1ccc(Br)cc1. The molecule has 0 bridgehead atoms.